The van der Waals surface area contributed by atoms with E-state index in [2.05, 4.69) is 4.99 Å². The van der Waals surface area contributed by atoms with Crippen molar-refractivity contribution in [2.45, 2.75) is 13.8 Å². The SMILES string of the molecule is CCOc1cc(C=C2SC(=Nc3ccc(OC)cc3)N(CC)C2=O)ccc1OCC#N. The van der Waals surface area contributed by atoms with Crippen LogP contribution in [0.3, 0.4) is 0 Å². The Bertz CT molecular complexity index is 1040. The Balaban J connectivity index is 1.88. The van der Waals surface area contributed by atoms with Gasteiger partial charge in [0.1, 0.15) is 11.8 Å². The molecule has 0 atom stereocenters. The number of carbonyl (C=O) groups excluding carboxylic acids is 1. The first kappa shape index (κ1) is 22.2. The van der Waals surface area contributed by atoms with Crippen LogP contribution in [-0.4, -0.2) is 42.8 Å². The predicted octanol–water partition coefficient (Wildman–Crippen LogP) is 4.62. The number of ether oxygens (including phenoxy) is 3. The standard InChI is InChI=1S/C23H23N3O4S/c1-4-26-22(27)21(31-23(26)25-17-7-9-18(28-3)10-8-17)15-16-6-11-19(30-13-12-24)20(14-16)29-5-2/h6-11,14-15H,4-5,13H2,1-3H3. The number of hydrogen-bond acceptors (Lipinski definition) is 7. The molecule has 0 N–H and O–H groups in total. The zero-order chi connectivity index (χ0) is 22.2. The Labute approximate surface area is 185 Å². The third-order valence-corrected chi connectivity index (χ3v) is 5.37. The first-order valence-electron chi connectivity index (χ1n) is 9.80. The molecule has 1 aliphatic heterocycles. The van der Waals surface area contributed by atoms with Crippen LogP contribution in [0.4, 0.5) is 5.69 Å². The second-order valence-electron chi connectivity index (χ2n) is 6.34. The number of thioether (sulfide) groups is 1. The third-order valence-electron chi connectivity index (χ3n) is 4.36. The van der Waals surface area contributed by atoms with E-state index in [1.807, 2.05) is 56.3 Å². The number of hydrogen-bond donors (Lipinski definition) is 0. The second kappa shape index (κ2) is 10.5. The normalized spacial score (nSPS) is 15.9. The van der Waals surface area contributed by atoms with Crippen LogP contribution in [0.15, 0.2) is 52.4 Å². The Morgan fingerprint density at radius 1 is 1.13 bits per heavy atom. The molecule has 7 nitrogen and oxygen atoms in total. The van der Waals surface area contributed by atoms with Crippen molar-refractivity contribution in [2.75, 3.05) is 26.9 Å². The van der Waals surface area contributed by atoms with E-state index < -0.39 is 0 Å². The first-order chi connectivity index (χ1) is 15.1. The van der Waals surface area contributed by atoms with E-state index in [9.17, 15) is 4.79 Å². The number of aliphatic imine (C=N–C) groups is 1. The molecule has 3 rings (SSSR count). The molecular weight excluding hydrogens is 414 g/mol. The monoisotopic (exact) mass is 437 g/mol. The molecule has 1 heterocycles. The van der Waals surface area contributed by atoms with Gasteiger partial charge in [0.15, 0.2) is 23.3 Å². The molecule has 0 aliphatic carbocycles. The summed E-state index contributed by atoms with van der Waals surface area (Å²) in [4.78, 5) is 19.8. The molecular formula is C23H23N3O4S. The van der Waals surface area contributed by atoms with Crippen molar-refractivity contribution in [3.63, 3.8) is 0 Å². The van der Waals surface area contributed by atoms with E-state index in [1.54, 1.807) is 24.1 Å². The molecule has 0 aromatic heterocycles. The number of rotatable bonds is 8. The maximum absolute atomic E-state index is 12.9. The predicted molar refractivity (Wildman–Crippen MR) is 122 cm³/mol. The molecule has 0 saturated carbocycles. The van der Waals surface area contributed by atoms with Crippen LogP contribution < -0.4 is 14.2 Å². The van der Waals surface area contributed by atoms with Gasteiger partial charge in [0.2, 0.25) is 0 Å². The maximum atomic E-state index is 12.9. The lowest BCUT2D eigenvalue weighted by Crippen LogP contribution is -2.28. The van der Waals surface area contributed by atoms with Crippen molar-refractivity contribution < 1.29 is 19.0 Å². The molecule has 160 valence electrons. The summed E-state index contributed by atoms with van der Waals surface area (Å²) in [6.45, 7) is 4.70. The van der Waals surface area contributed by atoms with E-state index in [1.165, 1.54) is 11.8 Å². The van der Waals surface area contributed by atoms with Crippen LogP contribution in [0.5, 0.6) is 17.2 Å². The average Bonchev–Trinajstić information content (AvgIpc) is 3.07. The highest BCUT2D eigenvalue weighted by Gasteiger charge is 2.32. The summed E-state index contributed by atoms with van der Waals surface area (Å²) >= 11 is 1.33. The van der Waals surface area contributed by atoms with E-state index in [0.29, 0.717) is 34.7 Å². The summed E-state index contributed by atoms with van der Waals surface area (Å²) in [5, 5.41) is 9.37. The molecule has 31 heavy (non-hydrogen) atoms. The van der Waals surface area contributed by atoms with Gasteiger partial charge in [0.25, 0.3) is 5.91 Å². The van der Waals surface area contributed by atoms with E-state index in [4.69, 9.17) is 19.5 Å². The number of amides is 1. The van der Waals surface area contributed by atoms with Crippen LogP contribution in [0, 0.1) is 11.3 Å². The number of nitriles is 1. The summed E-state index contributed by atoms with van der Waals surface area (Å²) in [6, 6.07) is 14.7. The van der Waals surface area contributed by atoms with Crippen LogP contribution in [0.1, 0.15) is 19.4 Å². The minimum atomic E-state index is -0.0949. The summed E-state index contributed by atoms with van der Waals surface area (Å²) in [5.41, 5.74) is 1.54. The van der Waals surface area contributed by atoms with Crippen molar-refractivity contribution in [3.8, 4) is 23.3 Å². The van der Waals surface area contributed by atoms with Gasteiger partial charge in [-0.25, -0.2) is 4.99 Å². The van der Waals surface area contributed by atoms with Crippen LogP contribution in [-0.2, 0) is 4.79 Å². The fourth-order valence-corrected chi connectivity index (χ4v) is 3.96. The number of benzene rings is 2. The lowest BCUT2D eigenvalue weighted by Gasteiger charge is -2.12. The van der Waals surface area contributed by atoms with Crippen molar-refractivity contribution in [1.82, 2.24) is 4.90 Å². The summed E-state index contributed by atoms with van der Waals surface area (Å²) in [5.74, 6) is 1.68. The number of carbonyl (C=O) groups is 1. The molecule has 2 aromatic rings. The highest BCUT2D eigenvalue weighted by molar-refractivity contribution is 8.18. The molecule has 1 fully saturated rings. The molecule has 1 amide bonds. The van der Waals surface area contributed by atoms with Gasteiger partial charge in [-0.1, -0.05) is 6.07 Å². The average molecular weight is 438 g/mol. The Morgan fingerprint density at radius 2 is 1.90 bits per heavy atom. The Hall–Kier alpha value is -3.44. The molecule has 2 aromatic carbocycles. The van der Waals surface area contributed by atoms with E-state index in [0.717, 1.165) is 17.0 Å². The van der Waals surface area contributed by atoms with Gasteiger partial charge in [-0.3, -0.25) is 9.69 Å². The molecule has 1 aliphatic rings. The van der Waals surface area contributed by atoms with Gasteiger partial charge in [-0.15, -0.1) is 0 Å². The summed E-state index contributed by atoms with van der Waals surface area (Å²) < 4.78 is 16.2. The number of nitrogens with zero attached hydrogens (tertiary/aromatic N) is 3. The zero-order valence-corrected chi connectivity index (χ0v) is 18.4. The fraction of sp³-hybridized carbons (Fsp3) is 0.261. The lowest BCUT2D eigenvalue weighted by molar-refractivity contribution is -0.122. The fourth-order valence-electron chi connectivity index (χ4n) is 2.90. The molecule has 8 heteroatoms. The van der Waals surface area contributed by atoms with Gasteiger partial charge in [-0.05, 0) is 73.6 Å². The Kier molecular flexibility index (Phi) is 7.57. The van der Waals surface area contributed by atoms with Crippen molar-refractivity contribution in [1.29, 1.82) is 5.26 Å². The lowest BCUT2D eigenvalue weighted by atomic mass is 10.2. The number of likely N-dealkylation sites (N-methyl/N-ethyl adjacent to an activating group) is 1. The smallest absolute Gasteiger partial charge is 0.266 e. The highest BCUT2D eigenvalue weighted by atomic mass is 32.2. The van der Waals surface area contributed by atoms with E-state index >= 15 is 0 Å². The highest BCUT2D eigenvalue weighted by Crippen LogP contribution is 2.36. The van der Waals surface area contributed by atoms with Gasteiger partial charge in [0.05, 0.1) is 24.3 Å². The van der Waals surface area contributed by atoms with Crippen LogP contribution >= 0.6 is 11.8 Å². The molecule has 0 bridgehead atoms. The molecule has 0 spiro atoms. The van der Waals surface area contributed by atoms with E-state index in [-0.39, 0.29) is 12.5 Å². The van der Waals surface area contributed by atoms with Gasteiger partial charge >= 0.3 is 0 Å². The van der Waals surface area contributed by atoms with Crippen molar-refractivity contribution in [3.05, 3.63) is 52.9 Å². The minimum absolute atomic E-state index is 0.0640. The number of amidine groups is 1. The first-order valence-corrected chi connectivity index (χ1v) is 10.6. The topological polar surface area (TPSA) is 84.2 Å². The third kappa shape index (κ3) is 5.38. The summed E-state index contributed by atoms with van der Waals surface area (Å²) in [6.07, 6.45) is 1.81. The minimum Gasteiger partial charge on any atom is -0.497 e. The zero-order valence-electron chi connectivity index (χ0n) is 17.6. The van der Waals surface area contributed by atoms with Gasteiger partial charge in [0, 0.05) is 6.54 Å². The maximum Gasteiger partial charge on any atom is 0.266 e. The van der Waals surface area contributed by atoms with Crippen molar-refractivity contribution >= 4 is 34.6 Å². The second-order valence-corrected chi connectivity index (χ2v) is 7.35. The molecule has 0 unspecified atom stereocenters. The largest absolute Gasteiger partial charge is 0.497 e. The summed E-state index contributed by atoms with van der Waals surface area (Å²) in [7, 11) is 1.61. The Morgan fingerprint density at radius 3 is 2.55 bits per heavy atom. The molecule has 0 radical (unpaired) electrons. The van der Waals surface area contributed by atoms with Gasteiger partial charge < -0.3 is 14.2 Å². The van der Waals surface area contributed by atoms with Crippen LogP contribution in [0.25, 0.3) is 6.08 Å². The van der Waals surface area contributed by atoms with Crippen LogP contribution in [0.2, 0.25) is 0 Å². The van der Waals surface area contributed by atoms with Crippen molar-refractivity contribution in [2.24, 2.45) is 4.99 Å². The number of methoxy groups -OCH3 is 1. The van der Waals surface area contributed by atoms with Gasteiger partial charge in [-0.2, -0.15) is 5.26 Å². The quantitative estimate of drug-likeness (QED) is 0.560. The molecule has 1 saturated heterocycles.